The highest BCUT2D eigenvalue weighted by Crippen LogP contribution is 2.23. The quantitative estimate of drug-likeness (QED) is 0.895. The molecule has 0 spiro atoms. The molecular formula is C15H15NO2. The lowest BCUT2D eigenvalue weighted by atomic mass is 9.90. The van der Waals surface area contributed by atoms with Crippen molar-refractivity contribution >= 4 is 5.97 Å². The zero-order valence-corrected chi connectivity index (χ0v) is 10.2. The first-order valence-corrected chi connectivity index (χ1v) is 5.85. The number of rotatable bonds is 4. The lowest BCUT2D eigenvalue weighted by Crippen LogP contribution is -2.15. The molecular weight excluding hydrogens is 226 g/mol. The van der Waals surface area contributed by atoms with E-state index >= 15 is 0 Å². The summed E-state index contributed by atoms with van der Waals surface area (Å²) in [6.07, 6.45) is 3.85. The number of carboxylic acid groups (broad SMARTS) is 1. The van der Waals surface area contributed by atoms with E-state index in [0.717, 1.165) is 16.7 Å². The molecule has 0 aliphatic rings. The number of hydrogen-bond donors (Lipinski definition) is 1. The molecule has 0 saturated carbocycles. The van der Waals surface area contributed by atoms with Crippen molar-refractivity contribution in [1.29, 1.82) is 0 Å². The first-order valence-electron chi connectivity index (χ1n) is 5.85. The van der Waals surface area contributed by atoms with Crippen LogP contribution in [-0.4, -0.2) is 16.1 Å². The second kappa shape index (κ2) is 5.45. The van der Waals surface area contributed by atoms with Gasteiger partial charge in [-0.3, -0.25) is 9.78 Å². The molecule has 0 fully saturated rings. The number of aryl methyl sites for hydroxylation is 1. The van der Waals surface area contributed by atoms with Crippen LogP contribution in [0.3, 0.4) is 0 Å². The molecule has 1 N–H and O–H groups in total. The molecule has 0 saturated heterocycles. The van der Waals surface area contributed by atoms with Crippen LogP contribution in [0.1, 0.15) is 22.6 Å². The third-order valence-corrected chi connectivity index (χ3v) is 3.02. The van der Waals surface area contributed by atoms with Gasteiger partial charge in [-0.2, -0.15) is 0 Å². The second-order valence-corrected chi connectivity index (χ2v) is 4.31. The average molecular weight is 241 g/mol. The number of nitrogens with zero attached hydrogens (tertiary/aromatic N) is 1. The van der Waals surface area contributed by atoms with Crippen LogP contribution in [0.2, 0.25) is 0 Å². The van der Waals surface area contributed by atoms with E-state index < -0.39 is 11.9 Å². The van der Waals surface area contributed by atoms with E-state index in [1.165, 1.54) is 0 Å². The van der Waals surface area contributed by atoms with E-state index in [2.05, 4.69) is 4.98 Å². The van der Waals surface area contributed by atoms with Gasteiger partial charge in [-0.05, 0) is 36.1 Å². The maximum atomic E-state index is 11.4. The fourth-order valence-corrected chi connectivity index (χ4v) is 2.06. The van der Waals surface area contributed by atoms with E-state index in [1.807, 2.05) is 37.3 Å². The fourth-order valence-electron chi connectivity index (χ4n) is 2.06. The van der Waals surface area contributed by atoms with Crippen molar-refractivity contribution in [2.45, 2.75) is 19.3 Å². The van der Waals surface area contributed by atoms with Crippen LogP contribution in [0.4, 0.5) is 0 Å². The van der Waals surface area contributed by atoms with E-state index in [1.54, 1.807) is 18.5 Å². The maximum Gasteiger partial charge on any atom is 0.311 e. The number of pyridine rings is 1. The van der Waals surface area contributed by atoms with Crippen LogP contribution in [0, 0.1) is 6.92 Å². The maximum absolute atomic E-state index is 11.4. The largest absolute Gasteiger partial charge is 0.481 e. The van der Waals surface area contributed by atoms with Crippen molar-refractivity contribution in [3.63, 3.8) is 0 Å². The molecule has 2 aromatic rings. The molecule has 1 aromatic carbocycles. The normalized spacial score (nSPS) is 12.1. The highest BCUT2D eigenvalue weighted by molar-refractivity contribution is 5.77. The monoisotopic (exact) mass is 241 g/mol. The van der Waals surface area contributed by atoms with Gasteiger partial charge >= 0.3 is 5.97 Å². The Bertz CT molecular complexity index is 537. The van der Waals surface area contributed by atoms with E-state index in [9.17, 15) is 9.90 Å². The number of carboxylic acids is 1. The van der Waals surface area contributed by atoms with Crippen LogP contribution in [0.15, 0.2) is 48.8 Å². The van der Waals surface area contributed by atoms with Crippen molar-refractivity contribution in [2.75, 3.05) is 0 Å². The third kappa shape index (κ3) is 2.74. The summed E-state index contributed by atoms with van der Waals surface area (Å²) >= 11 is 0. The molecule has 3 nitrogen and oxygen atoms in total. The van der Waals surface area contributed by atoms with Gasteiger partial charge in [0.1, 0.15) is 0 Å². The molecule has 2 rings (SSSR count). The Morgan fingerprint density at radius 2 is 2.00 bits per heavy atom. The minimum Gasteiger partial charge on any atom is -0.481 e. The zero-order chi connectivity index (χ0) is 13.0. The number of carbonyl (C=O) groups is 1. The molecule has 1 heterocycles. The summed E-state index contributed by atoms with van der Waals surface area (Å²) in [4.78, 5) is 15.4. The molecule has 0 amide bonds. The van der Waals surface area contributed by atoms with Gasteiger partial charge in [0.15, 0.2) is 0 Å². The summed E-state index contributed by atoms with van der Waals surface area (Å²) in [6, 6.07) is 11.5. The molecule has 92 valence electrons. The van der Waals surface area contributed by atoms with Crippen LogP contribution in [0.25, 0.3) is 0 Å². The summed E-state index contributed by atoms with van der Waals surface area (Å²) in [5, 5.41) is 9.39. The van der Waals surface area contributed by atoms with Crippen LogP contribution in [0.5, 0.6) is 0 Å². The molecule has 0 aliphatic carbocycles. The number of hydrogen-bond acceptors (Lipinski definition) is 2. The topological polar surface area (TPSA) is 50.2 Å². The van der Waals surface area contributed by atoms with Gasteiger partial charge in [0.2, 0.25) is 0 Å². The first kappa shape index (κ1) is 12.3. The molecule has 0 radical (unpaired) electrons. The van der Waals surface area contributed by atoms with Gasteiger partial charge in [0, 0.05) is 12.4 Å². The number of benzene rings is 1. The predicted molar refractivity (Wildman–Crippen MR) is 69.5 cm³/mol. The summed E-state index contributed by atoms with van der Waals surface area (Å²) in [6.45, 7) is 1.89. The molecule has 18 heavy (non-hydrogen) atoms. The minimum atomic E-state index is -0.798. The SMILES string of the molecule is Cc1cnccc1C(Cc1ccccc1)C(=O)O. The molecule has 0 aliphatic heterocycles. The van der Waals surface area contributed by atoms with Gasteiger partial charge < -0.3 is 5.11 Å². The lowest BCUT2D eigenvalue weighted by Gasteiger charge is -2.14. The van der Waals surface area contributed by atoms with Crippen LogP contribution < -0.4 is 0 Å². The zero-order valence-electron chi connectivity index (χ0n) is 10.2. The highest BCUT2D eigenvalue weighted by atomic mass is 16.4. The van der Waals surface area contributed by atoms with Gasteiger partial charge in [-0.25, -0.2) is 0 Å². The number of aromatic nitrogens is 1. The van der Waals surface area contributed by atoms with E-state index in [4.69, 9.17) is 0 Å². The van der Waals surface area contributed by atoms with Crippen LogP contribution in [-0.2, 0) is 11.2 Å². The average Bonchev–Trinajstić information content (AvgIpc) is 2.38. The fraction of sp³-hybridized carbons (Fsp3) is 0.200. The van der Waals surface area contributed by atoms with E-state index in [-0.39, 0.29) is 0 Å². The smallest absolute Gasteiger partial charge is 0.311 e. The van der Waals surface area contributed by atoms with Gasteiger partial charge in [-0.1, -0.05) is 30.3 Å². The predicted octanol–water partition coefficient (Wildman–Crippen LogP) is 2.80. The van der Waals surface area contributed by atoms with Crippen molar-refractivity contribution in [3.05, 3.63) is 65.5 Å². The van der Waals surface area contributed by atoms with Gasteiger partial charge in [-0.15, -0.1) is 0 Å². The molecule has 1 unspecified atom stereocenters. The van der Waals surface area contributed by atoms with Crippen molar-refractivity contribution in [3.8, 4) is 0 Å². The van der Waals surface area contributed by atoms with Crippen molar-refractivity contribution < 1.29 is 9.90 Å². The number of aliphatic carboxylic acids is 1. The Kier molecular flexibility index (Phi) is 3.72. The summed E-state index contributed by atoms with van der Waals surface area (Å²) in [5.41, 5.74) is 2.78. The summed E-state index contributed by atoms with van der Waals surface area (Å²) in [7, 11) is 0. The molecule has 1 atom stereocenters. The summed E-state index contributed by atoms with van der Waals surface area (Å²) in [5.74, 6) is -1.32. The Balaban J connectivity index is 2.30. The lowest BCUT2D eigenvalue weighted by molar-refractivity contribution is -0.138. The molecule has 3 heteroatoms. The minimum absolute atomic E-state index is 0.501. The molecule has 1 aromatic heterocycles. The Hall–Kier alpha value is -2.16. The highest BCUT2D eigenvalue weighted by Gasteiger charge is 2.21. The third-order valence-electron chi connectivity index (χ3n) is 3.02. The van der Waals surface area contributed by atoms with Crippen molar-refractivity contribution in [2.24, 2.45) is 0 Å². The van der Waals surface area contributed by atoms with E-state index in [0.29, 0.717) is 6.42 Å². The Morgan fingerprint density at radius 1 is 1.28 bits per heavy atom. The van der Waals surface area contributed by atoms with Gasteiger partial charge in [0.05, 0.1) is 5.92 Å². The van der Waals surface area contributed by atoms with Gasteiger partial charge in [0.25, 0.3) is 0 Å². The molecule has 0 bridgehead atoms. The summed E-state index contributed by atoms with van der Waals surface area (Å²) < 4.78 is 0. The van der Waals surface area contributed by atoms with Crippen LogP contribution >= 0.6 is 0 Å². The standard InChI is InChI=1S/C15H15NO2/c1-11-10-16-8-7-13(11)14(15(17)18)9-12-5-3-2-4-6-12/h2-8,10,14H,9H2,1H3,(H,17,18). The van der Waals surface area contributed by atoms with Crippen molar-refractivity contribution in [1.82, 2.24) is 4.98 Å². The Morgan fingerprint density at radius 3 is 2.61 bits per heavy atom. The first-order chi connectivity index (χ1) is 8.68. The second-order valence-electron chi connectivity index (χ2n) is 4.31. The Labute approximate surface area is 106 Å².